The molecule has 1 saturated heterocycles. The standard InChI is InChI=1S/C53H99NO10/c1-3-5-7-9-11-13-14-15-18-21-25-29-33-37-41-49(58)62-42-38-34-30-26-22-19-16-17-20-24-28-32-36-40-48(57)54-45(46(56)39-35-31-27-23-12-10-8-6-4-2)44-63-53-52(61)51(60)50(59)47(43-55)64-53/h14-15,35,39,45-47,50-53,55-56,59-61H,3-13,16-34,36-38,40-44H2,1-2H3,(H,54,57)/b15-14-,39-35+. The van der Waals surface area contributed by atoms with Gasteiger partial charge in [0, 0.05) is 12.8 Å². The Morgan fingerprint density at radius 2 is 1.00 bits per heavy atom. The van der Waals surface area contributed by atoms with Crippen molar-refractivity contribution in [3.63, 3.8) is 0 Å². The molecule has 1 aliphatic heterocycles. The molecule has 11 nitrogen and oxygen atoms in total. The van der Waals surface area contributed by atoms with Crippen LogP contribution >= 0.6 is 0 Å². The Morgan fingerprint density at radius 1 is 0.562 bits per heavy atom. The molecule has 0 aromatic heterocycles. The molecule has 1 amide bonds. The monoisotopic (exact) mass is 910 g/mol. The van der Waals surface area contributed by atoms with Crippen molar-refractivity contribution in [3.8, 4) is 0 Å². The maximum absolute atomic E-state index is 13.0. The molecular weight excluding hydrogens is 811 g/mol. The van der Waals surface area contributed by atoms with Crippen LogP contribution in [0.25, 0.3) is 0 Å². The summed E-state index contributed by atoms with van der Waals surface area (Å²) in [5.41, 5.74) is 0. The van der Waals surface area contributed by atoms with Crippen LogP contribution in [0.2, 0.25) is 0 Å². The van der Waals surface area contributed by atoms with Gasteiger partial charge in [-0.1, -0.05) is 192 Å². The van der Waals surface area contributed by atoms with E-state index in [1.165, 1.54) is 141 Å². The third kappa shape index (κ3) is 33.6. The molecular formula is C53H99NO10. The number of hydrogen-bond acceptors (Lipinski definition) is 10. The molecule has 64 heavy (non-hydrogen) atoms. The Morgan fingerprint density at radius 3 is 1.50 bits per heavy atom. The van der Waals surface area contributed by atoms with Gasteiger partial charge in [-0.3, -0.25) is 9.59 Å². The molecule has 0 aromatic carbocycles. The number of rotatable bonds is 45. The lowest BCUT2D eigenvalue weighted by molar-refractivity contribution is -0.302. The van der Waals surface area contributed by atoms with E-state index in [9.17, 15) is 35.1 Å². The molecule has 7 unspecified atom stereocenters. The van der Waals surface area contributed by atoms with E-state index in [0.717, 1.165) is 70.6 Å². The van der Waals surface area contributed by atoms with Crippen LogP contribution < -0.4 is 5.32 Å². The van der Waals surface area contributed by atoms with Gasteiger partial charge in [0.15, 0.2) is 6.29 Å². The topological polar surface area (TPSA) is 175 Å². The summed E-state index contributed by atoms with van der Waals surface area (Å²) in [6.07, 6.45) is 39.7. The maximum atomic E-state index is 13.0. The van der Waals surface area contributed by atoms with Crippen molar-refractivity contribution in [1.82, 2.24) is 5.32 Å². The zero-order valence-corrected chi connectivity index (χ0v) is 41.0. The summed E-state index contributed by atoms with van der Waals surface area (Å²) in [4.78, 5) is 25.0. The number of aliphatic hydroxyl groups is 5. The minimum atomic E-state index is -1.57. The third-order valence-corrected chi connectivity index (χ3v) is 12.6. The van der Waals surface area contributed by atoms with Crippen molar-refractivity contribution in [1.29, 1.82) is 0 Å². The number of unbranched alkanes of at least 4 members (excludes halogenated alkanes) is 29. The number of allylic oxidation sites excluding steroid dienone is 3. The summed E-state index contributed by atoms with van der Waals surface area (Å²) in [6, 6.07) is -0.818. The molecule has 0 bridgehead atoms. The largest absolute Gasteiger partial charge is 0.466 e. The van der Waals surface area contributed by atoms with E-state index in [1.807, 2.05) is 6.08 Å². The normalized spacial score (nSPS) is 20.0. The van der Waals surface area contributed by atoms with Gasteiger partial charge >= 0.3 is 5.97 Å². The predicted octanol–water partition coefficient (Wildman–Crippen LogP) is 11.0. The minimum Gasteiger partial charge on any atom is -0.466 e. The zero-order chi connectivity index (χ0) is 46.7. The lowest BCUT2D eigenvalue weighted by atomic mass is 9.99. The predicted molar refractivity (Wildman–Crippen MR) is 260 cm³/mol. The van der Waals surface area contributed by atoms with Gasteiger partial charge in [0.25, 0.3) is 0 Å². The second-order valence-corrected chi connectivity index (χ2v) is 18.6. The average molecular weight is 910 g/mol. The molecule has 0 radical (unpaired) electrons. The second-order valence-electron chi connectivity index (χ2n) is 18.6. The highest BCUT2D eigenvalue weighted by Gasteiger charge is 2.44. The zero-order valence-electron chi connectivity index (χ0n) is 41.0. The SMILES string of the molecule is CCCCCCC/C=C\CCCCCCCC(=O)OCCCCCCCCCCCCCCCC(=O)NC(COC1OC(CO)C(O)C(O)C1O)C(O)/C=C/CCCCCCCCC. The van der Waals surface area contributed by atoms with Gasteiger partial charge in [-0.2, -0.15) is 0 Å². The first-order chi connectivity index (χ1) is 31.2. The van der Waals surface area contributed by atoms with Gasteiger partial charge in [0.1, 0.15) is 24.4 Å². The minimum absolute atomic E-state index is 0.0367. The van der Waals surface area contributed by atoms with Gasteiger partial charge in [0.2, 0.25) is 5.91 Å². The van der Waals surface area contributed by atoms with Crippen LogP contribution in [0.5, 0.6) is 0 Å². The van der Waals surface area contributed by atoms with E-state index < -0.39 is 49.5 Å². The first kappa shape index (κ1) is 60.2. The fourth-order valence-corrected chi connectivity index (χ4v) is 8.25. The van der Waals surface area contributed by atoms with Crippen LogP contribution in [0.1, 0.15) is 239 Å². The van der Waals surface area contributed by atoms with Crippen LogP contribution in [-0.2, 0) is 23.8 Å². The highest BCUT2D eigenvalue weighted by molar-refractivity contribution is 5.76. The van der Waals surface area contributed by atoms with Crippen molar-refractivity contribution in [2.45, 2.75) is 281 Å². The van der Waals surface area contributed by atoms with Gasteiger partial charge in [-0.15, -0.1) is 0 Å². The lowest BCUT2D eigenvalue weighted by Gasteiger charge is -2.40. The van der Waals surface area contributed by atoms with Gasteiger partial charge in [0.05, 0.1) is 32.0 Å². The maximum Gasteiger partial charge on any atom is 0.305 e. The molecule has 11 heteroatoms. The van der Waals surface area contributed by atoms with E-state index in [2.05, 4.69) is 31.3 Å². The molecule has 7 atom stereocenters. The molecule has 1 rings (SSSR count). The van der Waals surface area contributed by atoms with Gasteiger partial charge < -0.3 is 45.1 Å². The first-order valence-corrected chi connectivity index (χ1v) is 26.6. The summed E-state index contributed by atoms with van der Waals surface area (Å²) in [5.74, 6) is -0.234. The van der Waals surface area contributed by atoms with Gasteiger partial charge in [-0.05, 0) is 57.8 Å². The summed E-state index contributed by atoms with van der Waals surface area (Å²) in [5, 5.41) is 54.1. The van der Waals surface area contributed by atoms with Crippen molar-refractivity contribution in [3.05, 3.63) is 24.3 Å². The number of amides is 1. The fraction of sp³-hybridized carbons (Fsp3) is 0.887. The highest BCUT2D eigenvalue weighted by atomic mass is 16.7. The summed E-state index contributed by atoms with van der Waals surface area (Å²) in [7, 11) is 0. The Hall–Kier alpha value is -1.86. The van der Waals surface area contributed by atoms with E-state index in [-0.39, 0.29) is 18.5 Å². The summed E-state index contributed by atoms with van der Waals surface area (Å²) >= 11 is 0. The molecule has 1 fully saturated rings. The van der Waals surface area contributed by atoms with Crippen LogP contribution in [0.15, 0.2) is 24.3 Å². The number of esters is 1. The molecule has 0 saturated carbocycles. The van der Waals surface area contributed by atoms with Crippen LogP contribution in [0, 0.1) is 0 Å². The summed E-state index contributed by atoms with van der Waals surface area (Å²) < 4.78 is 16.6. The number of aliphatic hydroxyl groups excluding tert-OH is 5. The number of carbonyl (C=O) groups is 2. The lowest BCUT2D eigenvalue weighted by Crippen LogP contribution is -2.60. The number of ether oxygens (including phenoxy) is 3. The molecule has 6 N–H and O–H groups in total. The van der Waals surface area contributed by atoms with E-state index in [1.54, 1.807) is 6.08 Å². The van der Waals surface area contributed by atoms with Crippen molar-refractivity contribution >= 4 is 11.9 Å². The molecule has 1 aliphatic rings. The number of carbonyl (C=O) groups excluding carboxylic acids is 2. The van der Waals surface area contributed by atoms with E-state index >= 15 is 0 Å². The first-order valence-electron chi connectivity index (χ1n) is 26.6. The Labute approximate surface area is 391 Å². The summed E-state index contributed by atoms with van der Waals surface area (Å²) in [6.45, 7) is 4.25. The second kappa shape index (κ2) is 43.7. The van der Waals surface area contributed by atoms with Crippen LogP contribution in [-0.4, -0.2) is 100 Å². The van der Waals surface area contributed by atoms with Crippen LogP contribution in [0.3, 0.4) is 0 Å². The van der Waals surface area contributed by atoms with E-state index in [0.29, 0.717) is 19.4 Å². The Balaban J connectivity index is 2.11. The average Bonchev–Trinajstić information content (AvgIpc) is 3.29. The molecule has 376 valence electrons. The molecule has 0 aliphatic carbocycles. The Kier molecular flexibility index (Phi) is 41.1. The fourth-order valence-electron chi connectivity index (χ4n) is 8.25. The molecule has 1 heterocycles. The molecule has 0 aromatic rings. The number of hydrogen-bond donors (Lipinski definition) is 6. The van der Waals surface area contributed by atoms with Crippen LogP contribution in [0.4, 0.5) is 0 Å². The van der Waals surface area contributed by atoms with Gasteiger partial charge in [-0.25, -0.2) is 0 Å². The number of nitrogens with one attached hydrogen (secondary N) is 1. The smallest absolute Gasteiger partial charge is 0.305 e. The van der Waals surface area contributed by atoms with E-state index in [4.69, 9.17) is 14.2 Å². The highest BCUT2D eigenvalue weighted by Crippen LogP contribution is 2.23. The van der Waals surface area contributed by atoms with Crippen molar-refractivity contribution in [2.24, 2.45) is 0 Å². The third-order valence-electron chi connectivity index (χ3n) is 12.6. The molecule has 0 spiro atoms. The van der Waals surface area contributed by atoms with Crippen molar-refractivity contribution < 1.29 is 49.3 Å². The quantitative estimate of drug-likeness (QED) is 0.0196. The van der Waals surface area contributed by atoms with Crippen molar-refractivity contribution in [2.75, 3.05) is 19.8 Å². The Bertz CT molecular complexity index is 1120.